The normalized spacial score (nSPS) is 20.7. The first kappa shape index (κ1) is 16.7. The molecule has 2 aliphatic rings. The van der Waals surface area contributed by atoms with Crippen LogP contribution in [0.2, 0.25) is 0 Å². The van der Waals surface area contributed by atoms with Crippen molar-refractivity contribution in [1.29, 1.82) is 0 Å². The van der Waals surface area contributed by atoms with Crippen LogP contribution in [-0.4, -0.2) is 29.8 Å². The molecule has 1 amide bonds. The summed E-state index contributed by atoms with van der Waals surface area (Å²) in [6.45, 7) is -0.128. The molecule has 0 bridgehead atoms. The van der Waals surface area contributed by atoms with Crippen molar-refractivity contribution in [2.24, 2.45) is 0 Å². The molecule has 8 heteroatoms. The number of para-hydroxylation sites is 1. The minimum absolute atomic E-state index is 0.0389. The highest BCUT2D eigenvalue weighted by Gasteiger charge is 2.58. The molecule has 134 valence electrons. The highest BCUT2D eigenvalue weighted by molar-refractivity contribution is 8.02. The summed E-state index contributed by atoms with van der Waals surface area (Å²) in [5, 5.41) is 0. The number of carbonyl (C=O) groups is 3. The average Bonchev–Trinajstić information content (AvgIpc) is 3.33. The van der Waals surface area contributed by atoms with E-state index < -0.39 is 16.8 Å². The zero-order valence-corrected chi connectivity index (χ0v) is 14.7. The Hall–Kier alpha value is -2.74. The number of furan rings is 1. The van der Waals surface area contributed by atoms with Crippen molar-refractivity contribution in [3.05, 3.63) is 47.9 Å². The number of thioether (sulfide) groups is 1. The Bertz CT molecular complexity index is 907. The van der Waals surface area contributed by atoms with Gasteiger partial charge in [-0.15, -0.1) is 0 Å². The maximum absolute atomic E-state index is 12.9. The van der Waals surface area contributed by atoms with Crippen molar-refractivity contribution in [3.63, 3.8) is 0 Å². The zero-order valence-electron chi connectivity index (χ0n) is 13.9. The molecule has 0 N–H and O–H groups in total. The van der Waals surface area contributed by atoms with Crippen LogP contribution in [0.15, 0.2) is 45.7 Å². The van der Waals surface area contributed by atoms with Crippen molar-refractivity contribution in [1.82, 2.24) is 0 Å². The van der Waals surface area contributed by atoms with Gasteiger partial charge >= 0.3 is 11.9 Å². The van der Waals surface area contributed by atoms with Crippen LogP contribution < -0.4 is 4.90 Å². The minimum atomic E-state index is -1.07. The molecule has 26 heavy (non-hydrogen) atoms. The fourth-order valence-electron chi connectivity index (χ4n) is 3.19. The smallest absolute Gasteiger partial charge is 0.373 e. The van der Waals surface area contributed by atoms with Crippen LogP contribution >= 0.6 is 11.8 Å². The fourth-order valence-corrected chi connectivity index (χ4v) is 4.60. The maximum atomic E-state index is 12.9. The number of ether oxygens (including phenoxy) is 2. The molecule has 1 fully saturated rings. The van der Waals surface area contributed by atoms with Gasteiger partial charge in [-0.2, -0.15) is 0 Å². The Balaban J connectivity index is 1.52. The third-order valence-corrected chi connectivity index (χ3v) is 5.84. The molecule has 0 radical (unpaired) electrons. The molecule has 7 nitrogen and oxygen atoms in total. The first-order valence-corrected chi connectivity index (χ1v) is 8.82. The molecular weight excluding hydrogens is 358 g/mol. The lowest BCUT2D eigenvalue weighted by Crippen LogP contribution is -2.47. The van der Waals surface area contributed by atoms with Gasteiger partial charge in [-0.25, -0.2) is 9.59 Å². The van der Waals surface area contributed by atoms with Crippen LogP contribution in [0.5, 0.6) is 0 Å². The van der Waals surface area contributed by atoms with E-state index in [1.165, 1.54) is 29.8 Å². The second-order valence-electron chi connectivity index (χ2n) is 5.92. The molecule has 1 aromatic carbocycles. The van der Waals surface area contributed by atoms with Crippen molar-refractivity contribution >= 4 is 35.3 Å². The van der Waals surface area contributed by atoms with Gasteiger partial charge in [0.05, 0.1) is 12.8 Å². The van der Waals surface area contributed by atoms with Crippen LogP contribution in [-0.2, 0) is 25.7 Å². The van der Waals surface area contributed by atoms with E-state index in [2.05, 4.69) is 4.74 Å². The number of esters is 2. The predicted octanol–water partition coefficient (Wildman–Crippen LogP) is 2.74. The zero-order chi connectivity index (χ0) is 18.3. The standard InChI is InChI=1S/C18H15NO6S/c1-23-16(21)13-7-6-11(25-13)10-24-17(22)18-9-8-15(20)19(18)12-4-2-3-5-14(12)26-18/h2-7H,8-10H2,1H3. The van der Waals surface area contributed by atoms with Gasteiger partial charge in [0.15, 0.2) is 4.87 Å². The van der Waals surface area contributed by atoms with Crippen LogP contribution in [0.4, 0.5) is 5.69 Å². The molecule has 0 spiro atoms. The summed E-state index contributed by atoms with van der Waals surface area (Å²) in [4.78, 5) is 38.0. The number of benzene rings is 1. The van der Waals surface area contributed by atoms with Crippen LogP contribution in [0, 0.1) is 0 Å². The van der Waals surface area contributed by atoms with Gasteiger partial charge in [0.25, 0.3) is 0 Å². The van der Waals surface area contributed by atoms with Gasteiger partial charge in [0.2, 0.25) is 11.7 Å². The number of methoxy groups -OCH3 is 1. The largest absolute Gasteiger partial charge is 0.463 e. The molecule has 2 aromatic rings. The lowest BCUT2D eigenvalue weighted by Gasteiger charge is -2.28. The topological polar surface area (TPSA) is 86.0 Å². The number of amides is 1. The Morgan fingerprint density at radius 1 is 1.27 bits per heavy atom. The molecule has 0 aliphatic carbocycles. The van der Waals surface area contributed by atoms with Crippen molar-refractivity contribution in [3.8, 4) is 0 Å². The van der Waals surface area contributed by atoms with Crippen LogP contribution in [0.3, 0.4) is 0 Å². The van der Waals surface area contributed by atoms with Crippen molar-refractivity contribution in [2.75, 3.05) is 12.0 Å². The molecule has 2 aliphatic heterocycles. The SMILES string of the molecule is COC(=O)c1ccc(COC(=O)C23CCC(=O)N2c2ccccc2S3)o1. The summed E-state index contributed by atoms with van der Waals surface area (Å²) < 4.78 is 15.3. The number of carbonyl (C=O) groups excluding carboxylic acids is 3. The molecule has 1 saturated heterocycles. The van der Waals surface area contributed by atoms with E-state index in [1.807, 2.05) is 24.3 Å². The number of anilines is 1. The Labute approximate surface area is 153 Å². The van der Waals surface area contributed by atoms with E-state index in [1.54, 1.807) is 6.07 Å². The first-order chi connectivity index (χ1) is 12.5. The van der Waals surface area contributed by atoms with E-state index in [0.29, 0.717) is 18.6 Å². The van der Waals surface area contributed by atoms with E-state index in [4.69, 9.17) is 9.15 Å². The summed E-state index contributed by atoms with van der Waals surface area (Å²) in [7, 11) is 1.25. The second kappa shape index (κ2) is 6.21. The Morgan fingerprint density at radius 2 is 2.08 bits per heavy atom. The fraction of sp³-hybridized carbons (Fsp3) is 0.278. The molecule has 0 saturated carbocycles. The minimum Gasteiger partial charge on any atom is -0.463 e. The third kappa shape index (κ3) is 2.48. The molecule has 1 atom stereocenters. The van der Waals surface area contributed by atoms with Gasteiger partial charge in [-0.3, -0.25) is 9.69 Å². The quantitative estimate of drug-likeness (QED) is 0.762. The highest BCUT2D eigenvalue weighted by Crippen LogP contribution is 2.56. The molecular formula is C18H15NO6S. The van der Waals surface area contributed by atoms with Gasteiger partial charge in [0.1, 0.15) is 12.4 Å². The molecule has 1 aromatic heterocycles. The number of nitrogens with zero attached hydrogens (tertiary/aromatic N) is 1. The van der Waals surface area contributed by atoms with Crippen LogP contribution in [0.25, 0.3) is 0 Å². The number of fused-ring (bicyclic) bond motifs is 3. The van der Waals surface area contributed by atoms with E-state index in [0.717, 1.165) is 10.6 Å². The summed E-state index contributed by atoms with van der Waals surface area (Å²) in [6.07, 6.45) is 0.680. The number of hydrogen-bond donors (Lipinski definition) is 0. The van der Waals surface area contributed by atoms with Crippen LogP contribution in [0.1, 0.15) is 29.2 Å². The Morgan fingerprint density at radius 3 is 2.88 bits per heavy atom. The molecule has 4 rings (SSSR count). The summed E-state index contributed by atoms with van der Waals surface area (Å²) >= 11 is 1.34. The van der Waals surface area contributed by atoms with Gasteiger partial charge in [0, 0.05) is 17.7 Å². The number of rotatable bonds is 4. The van der Waals surface area contributed by atoms with E-state index >= 15 is 0 Å². The third-order valence-electron chi connectivity index (χ3n) is 4.39. The molecule has 1 unspecified atom stereocenters. The lowest BCUT2D eigenvalue weighted by molar-refractivity contribution is -0.148. The van der Waals surface area contributed by atoms with Gasteiger partial charge < -0.3 is 13.9 Å². The average molecular weight is 373 g/mol. The Kier molecular flexibility index (Phi) is 3.99. The maximum Gasteiger partial charge on any atom is 0.373 e. The van der Waals surface area contributed by atoms with E-state index in [9.17, 15) is 14.4 Å². The first-order valence-electron chi connectivity index (χ1n) is 8.00. The van der Waals surface area contributed by atoms with E-state index in [-0.39, 0.29) is 18.3 Å². The monoisotopic (exact) mass is 373 g/mol. The van der Waals surface area contributed by atoms with Crippen molar-refractivity contribution in [2.45, 2.75) is 29.2 Å². The second-order valence-corrected chi connectivity index (χ2v) is 7.24. The summed E-state index contributed by atoms with van der Waals surface area (Å²) in [5.74, 6) is -0.829. The van der Waals surface area contributed by atoms with Crippen molar-refractivity contribution < 1.29 is 28.3 Å². The lowest BCUT2D eigenvalue weighted by atomic mass is 10.2. The van der Waals surface area contributed by atoms with Gasteiger partial charge in [-0.1, -0.05) is 23.9 Å². The van der Waals surface area contributed by atoms with Gasteiger partial charge in [-0.05, 0) is 24.3 Å². The highest BCUT2D eigenvalue weighted by atomic mass is 32.2. The predicted molar refractivity (Wildman–Crippen MR) is 91.6 cm³/mol. The summed E-state index contributed by atoms with van der Waals surface area (Å²) in [5.41, 5.74) is 0.739. The number of hydrogen-bond acceptors (Lipinski definition) is 7. The summed E-state index contributed by atoms with van der Waals surface area (Å²) in [6, 6.07) is 10.4. The molecule has 3 heterocycles.